The summed E-state index contributed by atoms with van der Waals surface area (Å²) >= 11 is 0. The molecule has 0 fully saturated rings. The van der Waals surface area contributed by atoms with Crippen LogP contribution in [0.1, 0.15) is 41.4 Å². The number of carbonyl (C=O) groups is 4. The van der Waals surface area contributed by atoms with Crippen molar-refractivity contribution in [1.82, 2.24) is 0 Å². The molecule has 1 aliphatic heterocycles. The minimum Gasteiger partial charge on any atom is -0.508 e. The van der Waals surface area contributed by atoms with Crippen molar-refractivity contribution < 1.29 is 29.4 Å². The van der Waals surface area contributed by atoms with Crippen LogP contribution >= 0.6 is 0 Å². The highest BCUT2D eigenvalue weighted by Crippen LogP contribution is 2.30. The van der Waals surface area contributed by atoms with E-state index in [1.54, 1.807) is 12.1 Å². The van der Waals surface area contributed by atoms with E-state index < -0.39 is 23.6 Å². The number of rotatable bonds is 5. The number of aromatic hydroxyl groups is 2. The molecule has 9 nitrogen and oxygen atoms in total. The molecule has 4 aromatic carbocycles. The number of hydrogen-bond donors (Lipinski definition) is 4. The van der Waals surface area contributed by atoms with Crippen LogP contribution in [0.5, 0.6) is 11.5 Å². The summed E-state index contributed by atoms with van der Waals surface area (Å²) in [5, 5.41) is 24.1. The summed E-state index contributed by atoms with van der Waals surface area (Å²) in [6.45, 7) is 0. The normalized spacial score (nSPS) is 12.3. The topological polar surface area (TPSA) is 136 Å². The first-order chi connectivity index (χ1) is 17.8. The van der Waals surface area contributed by atoms with Gasteiger partial charge in [-0.3, -0.25) is 19.2 Å². The third-order valence-electron chi connectivity index (χ3n) is 5.79. The highest BCUT2D eigenvalue weighted by atomic mass is 16.3. The number of nitrogens with zero attached hydrogens (tertiary/aromatic N) is 1. The Hall–Kier alpha value is -5.44. The number of hydrogen-bond acceptors (Lipinski definition) is 6. The Balaban J connectivity index is 1.32. The van der Waals surface area contributed by atoms with Crippen molar-refractivity contribution in [3.05, 3.63) is 113 Å². The summed E-state index contributed by atoms with van der Waals surface area (Å²) < 4.78 is 0. The lowest BCUT2D eigenvalue weighted by molar-refractivity contribution is 0.0924. The number of fused-ring (bicyclic) bond motifs is 1. The Bertz CT molecular complexity index is 1540. The van der Waals surface area contributed by atoms with Crippen molar-refractivity contribution in [2.24, 2.45) is 0 Å². The van der Waals surface area contributed by atoms with Gasteiger partial charge in [-0.15, -0.1) is 0 Å². The van der Waals surface area contributed by atoms with Crippen LogP contribution < -0.4 is 15.5 Å². The maximum absolute atomic E-state index is 13.1. The molecule has 0 saturated carbocycles. The molecule has 37 heavy (non-hydrogen) atoms. The number of anilines is 3. The number of imide groups is 1. The van der Waals surface area contributed by atoms with E-state index in [4.69, 9.17) is 0 Å². The minimum absolute atomic E-state index is 0.0609. The fraction of sp³-hybridized carbons (Fsp3) is 0. The largest absolute Gasteiger partial charge is 0.508 e. The van der Waals surface area contributed by atoms with Gasteiger partial charge in [0.05, 0.1) is 16.8 Å². The van der Waals surface area contributed by atoms with Crippen molar-refractivity contribution in [3.8, 4) is 11.5 Å². The van der Waals surface area contributed by atoms with Gasteiger partial charge in [-0.05, 0) is 91.0 Å². The van der Waals surface area contributed by atoms with E-state index in [2.05, 4.69) is 10.6 Å². The van der Waals surface area contributed by atoms with Gasteiger partial charge in [0.1, 0.15) is 11.5 Å². The van der Waals surface area contributed by atoms with E-state index in [0.717, 1.165) is 4.90 Å². The Morgan fingerprint density at radius 2 is 1.03 bits per heavy atom. The molecule has 0 saturated heterocycles. The summed E-state index contributed by atoms with van der Waals surface area (Å²) in [5.74, 6) is -1.86. The van der Waals surface area contributed by atoms with Crippen LogP contribution in [0, 0.1) is 0 Å². The van der Waals surface area contributed by atoms with Crippen molar-refractivity contribution in [2.45, 2.75) is 0 Å². The first-order valence-electron chi connectivity index (χ1n) is 11.1. The second-order valence-electron chi connectivity index (χ2n) is 8.25. The third kappa shape index (κ3) is 4.61. The average molecular weight is 493 g/mol. The first kappa shape index (κ1) is 23.3. The lowest BCUT2D eigenvalue weighted by Gasteiger charge is -2.14. The van der Waals surface area contributed by atoms with E-state index in [1.165, 1.54) is 78.9 Å². The molecule has 182 valence electrons. The SMILES string of the molecule is O=C(Nc1ccc(O)cc1)c1ccc(N2C(=O)c3ccc(C(=O)Nc4ccc(O)cc4)cc3C2=O)cc1. The fourth-order valence-corrected chi connectivity index (χ4v) is 3.87. The first-order valence-corrected chi connectivity index (χ1v) is 11.1. The smallest absolute Gasteiger partial charge is 0.266 e. The number of benzene rings is 4. The average Bonchev–Trinajstić information content (AvgIpc) is 3.16. The van der Waals surface area contributed by atoms with Crippen molar-refractivity contribution in [3.63, 3.8) is 0 Å². The van der Waals surface area contributed by atoms with Crippen LogP contribution in [-0.4, -0.2) is 33.8 Å². The monoisotopic (exact) mass is 493 g/mol. The summed E-state index contributed by atoms with van der Waals surface area (Å²) in [6, 6.07) is 22.2. The molecule has 0 aliphatic carbocycles. The Kier molecular flexibility index (Phi) is 5.86. The van der Waals surface area contributed by atoms with E-state index in [0.29, 0.717) is 16.9 Å². The van der Waals surface area contributed by atoms with Crippen molar-refractivity contribution in [1.29, 1.82) is 0 Å². The van der Waals surface area contributed by atoms with Crippen molar-refractivity contribution in [2.75, 3.05) is 15.5 Å². The second-order valence-corrected chi connectivity index (χ2v) is 8.25. The fourth-order valence-electron chi connectivity index (χ4n) is 3.87. The molecule has 0 radical (unpaired) electrons. The number of amides is 4. The Morgan fingerprint density at radius 1 is 0.568 bits per heavy atom. The van der Waals surface area contributed by atoms with Gasteiger partial charge >= 0.3 is 0 Å². The molecule has 0 unspecified atom stereocenters. The number of phenolic OH excluding ortho intramolecular Hbond substituents is 2. The molecule has 9 heteroatoms. The van der Waals surface area contributed by atoms with Crippen LogP contribution in [0.4, 0.5) is 17.1 Å². The summed E-state index contributed by atoms with van der Waals surface area (Å²) in [6.07, 6.45) is 0. The molecular formula is C28H19N3O6. The highest BCUT2D eigenvalue weighted by Gasteiger charge is 2.37. The molecule has 4 amide bonds. The van der Waals surface area contributed by atoms with Crippen LogP contribution in [0.2, 0.25) is 0 Å². The molecule has 0 bridgehead atoms. The molecular weight excluding hydrogens is 474 g/mol. The summed E-state index contributed by atoms with van der Waals surface area (Å²) in [5.41, 5.74) is 2.00. The number of nitrogens with one attached hydrogen (secondary N) is 2. The van der Waals surface area contributed by atoms with Gasteiger partial charge in [0.2, 0.25) is 0 Å². The van der Waals surface area contributed by atoms with Gasteiger partial charge in [-0.1, -0.05) is 0 Å². The van der Waals surface area contributed by atoms with Crippen molar-refractivity contribution >= 4 is 40.7 Å². The zero-order valence-corrected chi connectivity index (χ0v) is 19.1. The highest BCUT2D eigenvalue weighted by molar-refractivity contribution is 6.34. The molecule has 1 heterocycles. The van der Waals surface area contributed by atoms with Crippen LogP contribution in [0.15, 0.2) is 91.0 Å². The zero-order chi connectivity index (χ0) is 26.1. The van der Waals surface area contributed by atoms with Gasteiger partial charge in [0.15, 0.2) is 0 Å². The number of phenols is 2. The molecule has 0 aromatic heterocycles. The molecule has 0 spiro atoms. The third-order valence-corrected chi connectivity index (χ3v) is 5.79. The summed E-state index contributed by atoms with van der Waals surface area (Å²) in [7, 11) is 0. The van der Waals surface area contributed by atoms with E-state index in [-0.39, 0.29) is 33.9 Å². The van der Waals surface area contributed by atoms with Crippen LogP contribution in [0.25, 0.3) is 0 Å². The second kappa shape index (κ2) is 9.31. The quantitative estimate of drug-likeness (QED) is 0.240. The van der Waals surface area contributed by atoms with Gasteiger partial charge in [0, 0.05) is 22.5 Å². The maximum Gasteiger partial charge on any atom is 0.266 e. The summed E-state index contributed by atoms with van der Waals surface area (Å²) in [4.78, 5) is 52.3. The lowest BCUT2D eigenvalue weighted by Crippen LogP contribution is -2.29. The zero-order valence-electron chi connectivity index (χ0n) is 19.1. The molecule has 4 aromatic rings. The molecule has 0 atom stereocenters. The molecule has 5 rings (SSSR count). The molecule has 1 aliphatic rings. The predicted molar refractivity (Wildman–Crippen MR) is 136 cm³/mol. The lowest BCUT2D eigenvalue weighted by atomic mass is 10.1. The van der Waals surface area contributed by atoms with Crippen LogP contribution in [0.3, 0.4) is 0 Å². The van der Waals surface area contributed by atoms with Gasteiger partial charge in [-0.2, -0.15) is 0 Å². The van der Waals surface area contributed by atoms with Gasteiger partial charge < -0.3 is 20.8 Å². The standard InChI is InChI=1S/C28H19N3O6/c32-21-10-4-18(5-11-21)29-25(34)16-1-8-20(9-2-16)31-27(36)23-14-3-17(15-24(23)28(31)37)26(35)30-19-6-12-22(33)13-7-19/h1-15,32-33H,(H,29,34)(H,30,35). The van der Waals surface area contributed by atoms with E-state index in [1.807, 2.05) is 0 Å². The maximum atomic E-state index is 13.1. The van der Waals surface area contributed by atoms with Crippen LogP contribution in [-0.2, 0) is 0 Å². The van der Waals surface area contributed by atoms with Gasteiger partial charge in [-0.25, -0.2) is 4.90 Å². The number of carbonyl (C=O) groups excluding carboxylic acids is 4. The van der Waals surface area contributed by atoms with E-state index >= 15 is 0 Å². The molecule has 4 N–H and O–H groups in total. The Morgan fingerprint density at radius 3 is 1.57 bits per heavy atom. The predicted octanol–water partition coefficient (Wildman–Crippen LogP) is 4.40. The van der Waals surface area contributed by atoms with E-state index in [9.17, 15) is 29.4 Å². The van der Waals surface area contributed by atoms with Gasteiger partial charge in [0.25, 0.3) is 23.6 Å². The minimum atomic E-state index is -0.583. The Labute approximate surface area is 210 Å².